The largest absolute Gasteiger partial charge is 1.00 e. The molecule has 0 aliphatic carbocycles. The van der Waals surface area contributed by atoms with E-state index in [0.717, 1.165) is 49.1 Å². The van der Waals surface area contributed by atoms with Crippen molar-refractivity contribution in [3.05, 3.63) is 75.1 Å². The Labute approximate surface area is 225 Å². The van der Waals surface area contributed by atoms with E-state index in [9.17, 15) is 9.90 Å². The molecule has 5 nitrogen and oxygen atoms in total. The van der Waals surface area contributed by atoms with E-state index in [1.54, 1.807) is 0 Å². The first-order valence-electron chi connectivity index (χ1n) is 12.2. The Balaban J connectivity index is 0.00000289. The van der Waals surface area contributed by atoms with Gasteiger partial charge in [-0.3, -0.25) is 4.48 Å². The molecular formula is C27H32BrNO4S2. The highest BCUT2D eigenvalue weighted by atomic mass is 79.9. The number of halogens is 1. The van der Waals surface area contributed by atoms with Crippen molar-refractivity contribution in [2.45, 2.75) is 43.9 Å². The smallest absolute Gasteiger partial charge is 0.353 e. The minimum Gasteiger partial charge on any atom is -1.00 e. The van der Waals surface area contributed by atoms with Crippen LogP contribution in [0.1, 0.15) is 41.9 Å². The zero-order valence-electron chi connectivity index (χ0n) is 19.7. The van der Waals surface area contributed by atoms with Gasteiger partial charge >= 0.3 is 5.97 Å². The number of para-hydroxylation sites is 1. The number of ether oxygens (including phenoxy) is 2. The van der Waals surface area contributed by atoms with Gasteiger partial charge in [0.1, 0.15) is 5.75 Å². The number of unbranched alkanes of at least 4 members (excludes halogenated alkanes) is 1. The Morgan fingerprint density at radius 1 is 0.971 bits per heavy atom. The average molecular weight is 579 g/mol. The Kier molecular flexibility index (Phi) is 8.71. The highest BCUT2D eigenvalue weighted by molar-refractivity contribution is 7.12. The maximum atomic E-state index is 13.6. The molecule has 1 atom stereocenters. The number of hydrogen-bond acceptors (Lipinski definition) is 6. The molecule has 1 N–H and O–H groups in total. The van der Waals surface area contributed by atoms with Gasteiger partial charge in [0.2, 0.25) is 11.8 Å². The van der Waals surface area contributed by atoms with Gasteiger partial charge in [-0.05, 0) is 53.8 Å². The lowest BCUT2D eigenvalue weighted by atomic mass is 9.84. The summed E-state index contributed by atoms with van der Waals surface area (Å²) in [6.45, 7) is 3.74. The molecule has 8 heteroatoms. The van der Waals surface area contributed by atoms with Gasteiger partial charge in [-0.25, -0.2) is 4.79 Å². The van der Waals surface area contributed by atoms with Crippen molar-refractivity contribution in [1.29, 1.82) is 0 Å². The summed E-state index contributed by atoms with van der Waals surface area (Å²) < 4.78 is 12.9. The van der Waals surface area contributed by atoms with E-state index in [-0.39, 0.29) is 23.2 Å². The van der Waals surface area contributed by atoms with E-state index in [1.807, 2.05) is 65.4 Å². The third kappa shape index (κ3) is 5.52. The lowest BCUT2D eigenvalue weighted by molar-refractivity contribution is -0.984. The molecule has 0 radical (unpaired) electrons. The summed E-state index contributed by atoms with van der Waals surface area (Å²) in [6.07, 6.45) is 5.06. The number of fused-ring (bicyclic) bond motifs is 3. The second kappa shape index (κ2) is 11.6. The molecule has 6 rings (SSSR count). The molecule has 5 heterocycles. The number of rotatable bonds is 10. The van der Waals surface area contributed by atoms with Crippen LogP contribution < -0.4 is 21.7 Å². The zero-order valence-corrected chi connectivity index (χ0v) is 22.9. The second-order valence-electron chi connectivity index (χ2n) is 9.46. The molecule has 3 aliphatic heterocycles. The number of aliphatic hydroxyl groups is 1. The highest BCUT2D eigenvalue weighted by Crippen LogP contribution is 2.42. The van der Waals surface area contributed by atoms with Gasteiger partial charge in [0.25, 0.3) is 0 Å². The van der Waals surface area contributed by atoms with Crippen molar-refractivity contribution in [3.8, 4) is 5.75 Å². The van der Waals surface area contributed by atoms with Crippen molar-refractivity contribution >= 4 is 28.6 Å². The summed E-state index contributed by atoms with van der Waals surface area (Å²) in [5.74, 6) is 0.970. The molecule has 35 heavy (non-hydrogen) atoms. The van der Waals surface area contributed by atoms with Crippen molar-refractivity contribution in [1.82, 2.24) is 0 Å². The number of hydrogen-bond donors (Lipinski definition) is 1. The minimum atomic E-state index is -1.74. The number of esters is 1. The molecule has 0 unspecified atom stereocenters. The Bertz CT molecular complexity index is 1020. The predicted molar refractivity (Wildman–Crippen MR) is 135 cm³/mol. The summed E-state index contributed by atoms with van der Waals surface area (Å²) in [4.78, 5) is 14.8. The van der Waals surface area contributed by atoms with Crippen LogP contribution in [0.25, 0.3) is 0 Å². The fourth-order valence-corrected chi connectivity index (χ4v) is 7.15. The summed E-state index contributed by atoms with van der Waals surface area (Å²) in [5.41, 5.74) is -1.74. The molecule has 3 aliphatic rings. The molecule has 0 saturated carbocycles. The highest BCUT2D eigenvalue weighted by Gasteiger charge is 2.52. The predicted octanol–water partition coefficient (Wildman–Crippen LogP) is 2.41. The van der Waals surface area contributed by atoms with Crippen molar-refractivity contribution < 1.29 is 40.8 Å². The van der Waals surface area contributed by atoms with Gasteiger partial charge in [0, 0.05) is 19.3 Å². The first-order valence-corrected chi connectivity index (χ1v) is 13.9. The fourth-order valence-electron chi connectivity index (χ4n) is 5.43. The second-order valence-corrected chi connectivity index (χ2v) is 11.4. The number of nitrogens with zero attached hydrogens (tertiary/aromatic N) is 1. The van der Waals surface area contributed by atoms with Crippen LogP contribution in [0, 0.1) is 5.92 Å². The standard InChI is InChI=1S/C27H32NO4S2.BrH/c29-26(27(30,23-10-6-18-33-23)24-11-7-19-34-24)32-25-20-21-12-15-28(25,16-13-21)14-4-5-17-31-22-8-2-1-3-9-22;/h1-3,6-11,18-19,21,25,30H,4-5,12-17,20H2;1H/q+1;/p-1/t21?,25-,28?;/m1./s1. The van der Waals surface area contributed by atoms with Crippen LogP contribution in [0.15, 0.2) is 65.4 Å². The maximum Gasteiger partial charge on any atom is 0.353 e. The van der Waals surface area contributed by atoms with Crippen molar-refractivity contribution in [2.75, 3.05) is 26.2 Å². The summed E-state index contributed by atoms with van der Waals surface area (Å²) in [7, 11) is 0. The molecule has 0 spiro atoms. The molecule has 2 aromatic heterocycles. The van der Waals surface area contributed by atoms with Crippen LogP contribution in [0.3, 0.4) is 0 Å². The van der Waals surface area contributed by atoms with Crippen LogP contribution in [-0.4, -0.2) is 48.0 Å². The zero-order chi connectivity index (χ0) is 23.4. The van der Waals surface area contributed by atoms with E-state index in [4.69, 9.17) is 9.47 Å². The van der Waals surface area contributed by atoms with Crippen LogP contribution in [-0.2, 0) is 15.1 Å². The first-order chi connectivity index (χ1) is 16.6. The van der Waals surface area contributed by atoms with Gasteiger partial charge in [-0.2, -0.15) is 0 Å². The quantitative estimate of drug-likeness (QED) is 0.228. The third-order valence-electron chi connectivity index (χ3n) is 7.41. The van der Waals surface area contributed by atoms with Crippen LogP contribution >= 0.6 is 22.7 Å². The average Bonchev–Trinajstić information content (AvgIpc) is 3.60. The van der Waals surface area contributed by atoms with E-state index in [2.05, 4.69) is 0 Å². The molecule has 3 saturated heterocycles. The molecular weight excluding hydrogens is 546 g/mol. The molecule has 1 aromatic carbocycles. The molecule has 188 valence electrons. The minimum absolute atomic E-state index is 0. The van der Waals surface area contributed by atoms with Crippen molar-refractivity contribution in [2.24, 2.45) is 5.92 Å². The van der Waals surface area contributed by atoms with Gasteiger partial charge in [0.15, 0.2) is 0 Å². The van der Waals surface area contributed by atoms with Crippen LogP contribution in [0.4, 0.5) is 0 Å². The van der Waals surface area contributed by atoms with Gasteiger partial charge in [0.05, 0.1) is 36.0 Å². The number of thiophene rings is 2. The molecule has 3 fully saturated rings. The number of piperidine rings is 3. The lowest BCUT2D eigenvalue weighted by Gasteiger charge is -2.53. The number of quaternary nitrogens is 1. The van der Waals surface area contributed by atoms with E-state index >= 15 is 0 Å². The Hall–Kier alpha value is -1.71. The third-order valence-corrected chi connectivity index (χ3v) is 9.37. The van der Waals surface area contributed by atoms with E-state index < -0.39 is 11.6 Å². The number of carbonyl (C=O) groups is 1. The van der Waals surface area contributed by atoms with Gasteiger partial charge < -0.3 is 31.6 Å². The summed E-state index contributed by atoms with van der Waals surface area (Å²) in [6, 6.07) is 17.3. The fraction of sp³-hybridized carbons (Fsp3) is 0.444. The maximum absolute atomic E-state index is 13.6. The monoisotopic (exact) mass is 577 g/mol. The number of benzene rings is 1. The van der Waals surface area contributed by atoms with Crippen LogP contribution in [0.2, 0.25) is 0 Å². The van der Waals surface area contributed by atoms with Crippen molar-refractivity contribution in [3.63, 3.8) is 0 Å². The lowest BCUT2D eigenvalue weighted by Crippen LogP contribution is -3.00. The first kappa shape index (κ1) is 26.4. The summed E-state index contributed by atoms with van der Waals surface area (Å²) >= 11 is 2.77. The van der Waals surface area contributed by atoms with Gasteiger partial charge in [-0.15, -0.1) is 22.7 Å². The van der Waals surface area contributed by atoms with Gasteiger partial charge in [-0.1, -0.05) is 30.3 Å². The molecule has 2 bridgehead atoms. The van der Waals surface area contributed by atoms with E-state index in [1.165, 1.54) is 35.5 Å². The SMILES string of the molecule is O=C(O[C@@H]1CC2CC[N+]1(CCCCOc1ccccc1)CC2)C(O)(c1cccs1)c1cccs1.[Br-]. The molecule has 0 amide bonds. The summed E-state index contributed by atoms with van der Waals surface area (Å²) in [5, 5.41) is 15.4. The topological polar surface area (TPSA) is 55.8 Å². The number of carbonyl (C=O) groups excluding carboxylic acids is 1. The Morgan fingerprint density at radius 3 is 2.23 bits per heavy atom. The van der Waals surface area contributed by atoms with Crippen LogP contribution in [0.5, 0.6) is 5.75 Å². The van der Waals surface area contributed by atoms with E-state index in [0.29, 0.717) is 22.3 Å². The normalized spacial score (nSPS) is 23.5. The molecule has 3 aromatic rings. The Morgan fingerprint density at radius 2 is 1.63 bits per heavy atom.